The standard InChI is InChI=1S/C15H20BrNO3/c1-9-10(3-6-18-9)15(17)11-7-13-14(8-12(11)16)20-5-2-4-19-13/h7-10,15H,2-6,17H2,1H3. The minimum absolute atomic E-state index is 0.0565. The Labute approximate surface area is 127 Å². The van der Waals surface area contributed by atoms with Gasteiger partial charge in [0, 0.05) is 29.5 Å². The highest BCUT2D eigenvalue weighted by Gasteiger charge is 2.32. The first-order chi connectivity index (χ1) is 9.66. The van der Waals surface area contributed by atoms with Crippen LogP contribution in [0.15, 0.2) is 16.6 Å². The zero-order valence-corrected chi connectivity index (χ0v) is 13.2. The fraction of sp³-hybridized carbons (Fsp3) is 0.600. The van der Waals surface area contributed by atoms with Crippen molar-refractivity contribution < 1.29 is 14.2 Å². The highest BCUT2D eigenvalue weighted by atomic mass is 79.9. The molecule has 0 spiro atoms. The van der Waals surface area contributed by atoms with E-state index >= 15 is 0 Å². The second-order valence-electron chi connectivity index (χ2n) is 5.43. The van der Waals surface area contributed by atoms with E-state index in [1.165, 1.54) is 0 Å². The highest BCUT2D eigenvalue weighted by Crippen LogP contribution is 2.41. The molecule has 3 atom stereocenters. The van der Waals surface area contributed by atoms with Gasteiger partial charge in [-0.15, -0.1) is 0 Å². The zero-order chi connectivity index (χ0) is 14.1. The van der Waals surface area contributed by atoms with Gasteiger partial charge in [0.1, 0.15) is 0 Å². The number of rotatable bonds is 2. The molecule has 3 rings (SSSR count). The summed E-state index contributed by atoms with van der Waals surface area (Å²) in [6.07, 6.45) is 2.11. The largest absolute Gasteiger partial charge is 0.490 e. The maximum absolute atomic E-state index is 6.46. The molecule has 2 aliphatic rings. The number of hydrogen-bond donors (Lipinski definition) is 1. The SMILES string of the molecule is CC1OCCC1C(N)c1cc2c(cc1Br)OCCCO2. The normalized spacial score (nSPS) is 27.1. The molecule has 110 valence electrons. The van der Waals surface area contributed by atoms with Crippen LogP contribution in [0.25, 0.3) is 0 Å². The zero-order valence-electron chi connectivity index (χ0n) is 11.6. The summed E-state index contributed by atoms with van der Waals surface area (Å²) in [4.78, 5) is 0. The highest BCUT2D eigenvalue weighted by molar-refractivity contribution is 9.10. The van der Waals surface area contributed by atoms with Crippen LogP contribution in [-0.4, -0.2) is 25.9 Å². The van der Waals surface area contributed by atoms with Crippen LogP contribution in [0.4, 0.5) is 0 Å². The van der Waals surface area contributed by atoms with E-state index in [4.69, 9.17) is 19.9 Å². The van der Waals surface area contributed by atoms with E-state index in [-0.39, 0.29) is 12.1 Å². The molecule has 20 heavy (non-hydrogen) atoms. The molecule has 0 aliphatic carbocycles. The molecule has 5 heteroatoms. The topological polar surface area (TPSA) is 53.7 Å². The third kappa shape index (κ3) is 2.67. The van der Waals surface area contributed by atoms with E-state index in [1.807, 2.05) is 12.1 Å². The van der Waals surface area contributed by atoms with Crippen LogP contribution < -0.4 is 15.2 Å². The molecular formula is C15H20BrNO3. The molecule has 1 aromatic rings. The Balaban J connectivity index is 1.91. The number of hydrogen-bond acceptors (Lipinski definition) is 4. The van der Waals surface area contributed by atoms with Crippen molar-refractivity contribution in [3.63, 3.8) is 0 Å². The third-order valence-corrected chi connectivity index (χ3v) is 4.81. The maximum Gasteiger partial charge on any atom is 0.162 e. The Bertz CT molecular complexity index is 494. The number of fused-ring (bicyclic) bond motifs is 1. The van der Waals surface area contributed by atoms with Crippen molar-refractivity contribution in [2.45, 2.75) is 31.9 Å². The quantitative estimate of drug-likeness (QED) is 0.898. The van der Waals surface area contributed by atoms with Crippen molar-refractivity contribution in [1.29, 1.82) is 0 Å². The molecule has 2 heterocycles. The van der Waals surface area contributed by atoms with Gasteiger partial charge in [-0.25, -0.2) is 0 Å². The third-order valence-electron chi connectivity index (χ3n) is 4.12. The van der Waals surface area contributed by atoms with Crippen LogP contribution in [-0.2, 0) is 4.74 Å². The van der Waals surface area contributed by atoms with Gasteiger partial charge in [-0.3, -0.25) is 0 Å². The van der Waals surface area contributed by atoms with Crippen LogP contribution >= 0.6 is 15.9 Å². The smallest absolute Gasteiger partial charge is 0.162 e. The van der Waals surface area contributed by atoms with Crippen LogP contribution in [0.5, 0.6) is 11.5 Å². The van der Waals surface area contributed by atoms with E-state index in [1.54, 1.807) is 0 Å². The average molecular weight is 342 g/mol. The van der Waals surface area contributed by atoms with Gasteiger partial charge in [0.05, 0.1) is 19.3 Å². The number of nitrogens with two attached hydrogens (primary N) is 1. The number of halogens is 1. The summed E-state index contributed by atoms with van der Waals surface area (Å²) in [7, 11) is 0. The minimum atomic E-state index is -0.0565. The second kappa shape index (κ2) is 5.92. The molecular weight excluding hydrogens is 322 g/mol. The lowest BCUT2D eigenvalue weighted by Crippen LogP contribution is -2.26. The maximum atomic E-state index is 6.46. The molecule has 1 saturated heterocycles. The predicted octanol–water partition coefficient (Wildman–Crippen LogP) is 3.04. The summed E-state index contributed by atoms with van der Waals surface area (Å²) in [6, 6.07) is 3.93. The lowest BCUT2D eigenvalue weighted by molar-refractivity contribution is 0.0994. The molecule has 4 nitrogen and oxygen atoms in total. The van der Waals surface area contributed by atoms with Gasteiger partial charge in [0.25, 0.3) is 0 Å². The molecule has 0 bridgehead atoms. The Morgan fingerprint density at radius 1 is 1.20 bits per heavy atom. The van der Waals surface area contributed by atoms with Crippen molar-refractivity contribution in [2.75, 3.05) is 19.8 Å². The van der Waals surface area contributed by atoms with Gasteiger partial charge >= 0.3 is 0 Å². The van der Waals surface area contributed by atoms with Crippen LogP contribution in [0, 0.1) is 5.92 Å². The average Bonchev–Trinajstić information content (AvgIpc) is 2.72. The predicted molar refractivity (Wildman–Crippen MR) is 80.2 cm³/mol. The first-order valence-electron chi connectivity index (χ1n) is 7.13. The van der Waals surface area contributed by atoms with Crippen molar-refractivity contribution in [1.82, 2.24) is 0 Å². The van der Waals surface area contributed by atoms with E-state index in [0.29, 0.717) is 19.1 Å². The lowest BCUT2D eigenvalue weighted by Gasteiger charge is -2.24. The van der Waals surface area contributed by atoms with Gasteiger partial charge in [-0.05, 0) is 31.0 Å². The molecule has 0 aromatic heterocycles. The Morgan fingerprint density at radius 2 is 1.90 bits per heavy atom. The first kappa shape index (κ1) is 14.2. The minimum Gasteiger partial charge on any atom is -0.490 e. The molecule has 1 fully saturated rings. The van der Waals surface area contributed by atoms with Crippen molar-refractivity contribution >= 4 is 15.9 Å². The summed E-state index contributed by atoms with van der Waals surface area (Å²) >= 11 is 3.61. The summed E-state index contributed by atoms with van der Waals surface area (Å²) in [5, 5.41) is 0. The van der Waals surface area contributed by atoms with Gasteiger partial charge in [0.15, 0.2) is 11.5 Å². The summed E-state index contributed by atoms with van der Waals surface area (Å²) in [5.74, 6) is 1.93. The summed E-state index contributed by atoms with van der Waals surface area (Å²) < 4.78 is 18.1. The molecule has 2 N–H and O–H groups in total. The molecule has 0 saturated carbocycles. The van der Waals surface area contributed by atoms with E-state index in [9.17, 15) is 0 Å². The fourth-order valence-corrected chi connectivity index (χ4v) is 3.49. The first-order valence-corrected chi connectivity index (χ1v) is 7.92. The molecule has 1 aromatic carbocycles. The van der Waals surface area contributed by atoms with Gasteiger partial charge in [-0.2, -0.15) is 0 Å². The summed E-state index contributed by atoms with van der Waals surface area (Å²) in [6.45, 7) is 4.26. The van der Waals surface area contributed by atoms with E-state index < -0.39 is 0 Å². The molecule has 2 aliphatic heterocycles. The summed E-state index contributed by atoms with van der Waals surface area (Å²) in [5.41, 5.74) is 7.52. The van der Waals surface area contributed by atoms with Gasteiger partial charge in [-0.1, -0.05) is 15.9 Å². The second-order valence-corrected chi connectivity index (χ2v) is 6.28. The van der Waals surface area contributed by atoms with Gasteiger partial charge < -0.3 is 19.9 Å². The fourth-order valence-electron chi connectivity index (χ4n) is 2.91. The van der Waals surface area contributed by atoms with Crippen LogP contribution in [0.2, 0.25) is 0 Å². The monoisotopic (exact) mass is 341 g/mol. The van der Waals surface area contributed by atoms with Crippen LogP contribution in [0.3, 0.4) is 0 Å². The lowest BCUT2D eigenvalue weighted by atomic mass is 9.89. The molecule has 0 amide bonds. The van der Waals surface area contributed by atoms with Crippen molar-refractivity contribution in [2.24, 2.45) is 11.7 Å². The number of ether oxygens (including phenoxy) is 3. The van der Waals surface area contributed by atoms with Gasteiger partial charge in [0.2, 0.25) is 0 Å². The van der Waals surface area contributed by atoms with Crippen molar-refractivity contribution in [3.05, 3.63) is 22.2 Å². The Hall–Kier alpha value is -0.780. The molecule has 0 radical (unpaired) electrons. The van der Waals surface area contributed by atoms with E-state index in [2.05, 4.69) is 22.9 Å². The van der Waals surface area contributed by atoms with Crippen LogP contribution in [0.1, 0.15) is 31.4 Å². The Morgan fingerprint density at radius 3 is 2.55 bits per heavy atom. The van der Waals surface area contributed by atoms with E-state index in [0.717, 1.165) is 41.0 Å². The van der Waals surface area contributed by atoms with Crippen molar-refractivity contribution in [3.8, 4) is 11.5 Å². The number of benzene rings is 1. The Kier molecular flexibility index (Phi) is 4.19. The molecule has 3 unspecified atom stereocenters.